The van der Waals surface area contributed by atoms with Gasteiger partial charge in [-0.2, -0.15) is 9.97 Å². The van der Waals surface area contributed by atoms with Crippen LogP contribution >= 0.6 is 0 Å². The molecule has 266 valence electrons. The molecule has 0 spiro atoms. The minimum absolute atomic E-state index is 0.578. The summed E-state index contributed by atoms with van der Waals surface area (Å²) in [6.07, 6.45) is 0. The molecule has 0 aliphatic rings. The van der Waals surface area contributed by atoms with Crippen LogP contribution in [0.25, 0.3) is 111 Å². The van der Waals surface area contributed by atoms with Crippen molar-refractivity contribution in [1.29, 1.82) is 0 Å². The predicted molar refractivity (Wildman–Crippen MR) is 232 cm³/mol. The molecule has 0 saturated heterocycles. The van der Waals surface area contributed by atoms with Crippen molar-refractivity contribution in [3.05, 3.63) is 188 Å². The average molecular weight is 730 g/mol. The van der Waals surface area contributed by atoms with Gasteiger partial charge in [-0.15, -0.1) is 0 Å². The summed E-state index contributed by atoms with van der Waals surface area (Å²) in [4.78, 5) is 15.5. The van der Waals surface area contributed by atoms with Gasteiger partial charge < -0.3 is 8.98 Å². The fourth-order valence-electron chi connectivity index (χ4n) is 8.54. The van der Waals surface area contributed by atoms with E-state index in [0.717, 1.165) is 88.1 Å². The van der Waals surface area contributed by atoms with Crippen molar-refractivity contribution in [1.82, 2.24) is 24.1 Å². The van der Waals surface area contributed by atoms with Gasteiger partial charge in [0.05, 0.1) is 22.1 Å². The van der Waals surface area contributed by atoms with Gasteiger partial charge in [-0.3, -0.25) is 4.57 Å². The highest BCUT2D eigenvalue weighted by Crippen LogP contribution is 2.37. The summed E-state index contributed by atoms with van der Waals surface area (Å²) in [5, 5.41) is 6.91. The van der Waals surface area contributed by atoms with Crippen LogP contribution in [0.3, 0.4) is 0 Å². The van der Waals surface area contributed by atoms with Gasteiger partial charge >= 0.3 is 0 Å². The Morgan fingerprint density at radius 2 is 0.842 bits per heavy atom. The van der Waals surface area contributed by atoms with E-state index < -0.39 is 0 Å². The Labute approximate surface area is 326 Å². The Morgan fingerprint density at radius 3 is 1.54 bits per heavy atom. The Hall–Kier alpha value is -7.83. The maximum Gasteiger partial charge on any atom is 0.238 e. The Kier molecular flexibility index (Phi) is 6.83. The lowest BCUT2D eigenvalue weighted by atomic mass is 10.0. The number of benzene rings is 8. The van der Waals surface area contributed by atoms with E-state index in [0.29, 0.717) is 17.6 Å². The van der Waals surface area contributed by atoms with E-state index in [-0.39, 0.29) is 0 Å². The highest BCUT2D eigenvalue weighted by atomic mass is 16.3. The number of hydrogen-bond donors (Lipinski definition) is 0. The second-order valence-corrected chi connectivity index (χ2v) is 14.5. The number of furan rings is 1. The smallest absolute Gasteiger partial charge is 0.238 e. The third-order valence-electron chi connectivity index (χ3n) is 11.2. The lowest BCUT2D eigenvalue weighted by Crippen LogP contribution is -2.06. The molecule has 6 heteroatoms. The van der Waals surface area contributed by atoms with Crippen LogP contribution in [0.2, 0.25) is 0 Å². The molecule has 0 saturated carbocycles. The fraction of sp³-hybridized carbons (Fsp3) is 0. The van der Waals surface area contributed by atoms with Gasteiger partial charge in [0.1, 0.15) is 11.2 Å². The molecule has 0 aliphatic heterocycles. The zero-order valence-corrected chi connectivity index (χ0v) is 30.5. The van der Waals surface area contributed by atoms with Crippen LogP contribution < -0.4 is 0 Å². The van der Waals surface area contributed by atoms with Crippen molar-refractivity contribution in [2.75, 3.05) is 0 Å². The molecular formula is C51H31N5O. The first-order valence-corrected chi connectivity index (χ1v) is 19.1. The highest BCUT2D eigenvalue weighted by Gasteiger charge is 2.19. The lowest BCUT2D eigenvalue weighted by molar-refractivity contribution is 0.669. The minimum atomic E-state index is 0.578. The van der Waals surface area contributed by atoms with E-state index in [2.05, 4.69) is 167 Å². The summed E-state index contributed by atoms with van der Waals surface area (Å²) in [6.45, 7) is 0. The quantitative estimate of drug-likeness (QED) is 0.177. The number of rotatable bonds is 5. The molecule has 0 radical (unpaired) electrons. The van der Waals surface area contributed by atoms with E-state index in [1.165, 1.54) is 5.39 Å². The van der Waals surface area contributed by atoms with Crippen LogP contribution in [-0.4, -0.2) is 24.1 Å². The summed E-state index contributed by atoms with van der Waals surface area (Å²) in [6, 6.07) is 65.7. The van der Waals surface area contributed by atoms with Gasteiger partial charge in [-0.1, -0.05) is 133 Å². The van der Waals surface area contributed by atoms with E-state index >= 15 is 0 Å². The van der Waals surface area contributed by atoms with Crippen molar-refractivity contribution < 1.29 is 4.42 Å². The molecule has 0 bridgehead atoms. The molecule has 6 nitrogen and oxygen atoms in total. The van der Waals surface area contributed by atoms with Crippen molar-refractivity contribution in [2.45, 2.75) is 0 Å². The molecule has 0 atom stereocenters. The third-order valence-corrected chi connectivity index (χ3v) is 11.2. The number of para-hydroxylation sites is 4. The van der Waals surface area contributed by atoms with E-state index in [4.69, 9.17) is 19.4 Å². The number of aromatic nitrogens is 5. The molecule has 0 N–H and O–H groups in total. The van der Waals surface area contributed by atoms with E-state index in [1.807, 2.05) is 30.3 Å². The lowest BCUT2D eigenvalue weighted by Gasteiger charge is -2.12. The normalized spacial score (nSPS) is 11.9. The molecule has 8 aromatic carbocycles. The van der Waals surface area contributed by atoms with Gasteiger partial charge in [-0.05, 0) is 65.7 Å². The maximum atomic E-state index is 6.11. The Balaban J connectivity index is 1.03. The molecule has 0 aliphatic carbocycles. The molecule has 0 fully saturated rings. The second-order valence-electron chi connectivity index (χ2n) is 14.5. The minimum Gasteiger partial charge on any atom is -0.456 e. The van der Waals surface area contributed by atoms with E-state index in [9.17, 15) is 0 Å². The molecule has 12 aromatic rings. The number of nitrogens with zero attached hydrogens (tertiary/aromatic N) is 5. The van der Waals surface area contributed by atoms with Crippen molar-refractivity contribution in [3.8, 4) is 45.5 Å². The first-order valence-electron chi connectivity index (χ1n) is 19.1. The van der Waals surface area contributed by atoms with Gasteiger partial charge in [-0.25, -0.2) is 4.98 Å². The van der Waals surface area contributed by atoms with Crippen molar-refractivity contribution in [3.63, 3.8) is 0 Å². The summed E-state index contributed by atoms with van der Waals surface area (Å²) in [7, 11) is 0. The standard InChI is InChI=1S/C51H31N5O/c1-2-12-33(13-3-1)49-52-50(54-51(53-49)56-44-19-9-5-14-37(44)38-15-6-10-20-45(38)56)35-24-28-40-39-16-4-8-18-43(39)55(46(40)31-35)36-26-22-32(23-27-36)34-25-29-48-42(30-34)41-17-7-11-21-47(41)57-48/h1-31H. The van der Waals surface area contributed by atoms with Gasteiger partial charge in [0.25, 0.3) is 0 Å². The predicted octanol–water partition coefficient (Wildman–Crippen LogP) is 13.0. The molecular weight excluding hydrogens is 699 g/mol. The van der Waals surface area contributed by atoms with Crippen molar-refractivity contribution >= 4 is 65.6 Å². The Morgan fingerprint density at radius 1 is 0.316 bits per heavy atom. The summed E-state index contributed by atoms with van der Waals surface area (Å²) < 4.78 is 10.6. The first-order chi connectivity index (χ1) is 28.2. The summed E-state index contributed by atoms with van der Waals surface area (Å²) >= 11 is 0. The molecule has 12 rings (SSSR count). The van der Waals surface area contributed by atoms with Crippen LogP contribution in [0.4, 0.5) is 0 Å². The number of hydrogen-bond acceptors (Lipinski definition) is 4. The molecule has 4 aromatic heterocycles. The molecule has 57 heavy (non-hydrogen) atoms. The van der Waals surface area contributed by atoms with Gasteiger partial charge in [0.2, 0.25) is 5.95 Å². The van der Waals surface area contributed by atoms with Crippen molar-refractivity contribution in [2.24, 2.45) is 0 Å². The monoisotopic (exact) mass is 729 g/mol. The SMILES string of the molecule is c1ccc(-c2nc(-c3ccc4c5ccccc5n(-c5ccc(-c6ccc7oc8ccccc8c7c6)cc5)c4c3)nc(-n3c4ccccc4c4ccccc43)n2)cc1. The molecule has 0 amide bonds. The topological polar surface area (TPSA) is 61.7 Å². The van der Waals surface area contributed by atoms with Crippen LogP contribution in [0.15, 0.2) is 192 Å². The summed E-state index contributed by atoms with van der Waals surface area (Å²) in [5.41, 5.74) is 11.3. The average Bonchev–Trinajstić information content (AvgIpc) is 3.94. The zero-order chi connectivity index (χ0) is 37.5. The van der Waals surface area contributed by atoms with Crippen LogP contribution in [0.1, 0.15) is 0 Å². The molecule has 0 unspecified atom stereocenters. The maximum absolute atomic E-state index is 6.11. The van der Waals surface area contributed by atoms with E-state index in [1.54, 1.807) is 0 Å². The van der Waals surface area contributed by atoms with Gasteiger partial charge in [0, 0.05) is 49.1 Å². The number of fused-ring (bicyclic) bond motifs is 9. The fourth-order valence-corrected chi connectivity index (χ4v) is 8.54. The highest BCUT2D eigenvalue weighted by molar-refractivity contribution is 6.11. The van der Waals surface area contributed by atoms with Crippen LogP contribution in [-0.2, 0) is 0 Å². The first kappa shape index (κ1) is 31.5. The summed E-state index contributed by atoms with van der Waals surface area (Å²) in [5.74, 6) is 1.81. The largest absolute Gasteiger partial charge is 0.456 e. The Bertz CT molecular complexity index is 3470. The second kappa shape index (κ2) is 12.3. The van der Waals surface area contributed by atoms with Gasteiger partial charge in [0.15, 0.2) is 11.6 Å². The third kappa shape index (κ3) is 4.94. The molecule has 4 heterocycles. The zero-order valence-electron chi connectivity index (χ0n) is 30.5. The van der Waals surface area contributed by atoms with Crippen LogP contribution in [0, 0.1) is 0 Å². The van der Waals surface area contributed by atoms with Crippen LogP contribution in [0.5, 0.6) is 0 Å².